The molecule has 0 radical (unpaired) electrons. The highest BCUT2D eigenvalue weighted by molar-refractivity contribution is 6.21. The number of Topliss-reactive ketones (excluding diaryl/α,β-unsaturated/α-hetero) is 2. The van der Waals surface area contributed by atoms with Gasteiger partial charge in [0.2, 0.25) is 6.79 Å². The molecule has 1 aromatic rings. The van der Waals surface area contributed by atoms with Gasteiger partial charge in [-0.3, -0.25) is 9.59 Å². The predicted octanol–water partition coefficient (Wildman–Crippen LogP) is 1.99. The molecule has 1 aliphatic heterocycles. The third-order valence-electron chi connectivity index (χ3n) is 3.40. The van der Waals surface area contributed by atoms with Gasteiger partial charge >= 0.3 is 0 Å². The van der Waals surface area contributed by atoms with Crippen LogP contribution in [-0.2, 0) is 9.59 Å². The molecule has 1 fully saturated rings. The third kappa shape index (κ3) is 1.70. The zero-order valence-corrected chi connectivity index (χ0v) is 9.77. The van der Waals surface area contributed by atoms with E-state index in [1.165, 1.54) is 0 Å². The SMILES string of the molecule is C=C1C(=O)CC(c2ccc3c(c2)OCO3)CC1=O. The van der Waals surface area contributed by atoms with Crippen molar-refractivity contribution in [2.24, 2.45) is 0 Å². The molecule has 0 spiro atoms. The summed E-state index contributed by atoms with van der Waals surface area (Å²) < 4.78 is 10.5. The quantitative estimate of drug-likeness (QED) is 0.560. The number of carbonyl (C=O) groups excluding carboxylic acids is 2. The normalized spacial score (nSPS) is 19.4. The van der Waals surface area contributed by atoms with E-state index in [2.05, 4.69) is 6.58 Å². The van der Waals surface area contributed by atoms with Crippen molar-refractivity contribution in [3.05, 3.63) is 35.9 Å². The molecule has 0 atom stereocenters. The maximum Gasteiger partial charge on any atom is 0.231 e. The van der Waals surface area contributed by atoms with Gasteiger partial charge in [0.1, 0.15) is 0 Å². The summed E-state index contributed by atoms with van der Waals surface area (Å²) in [7, 11) is 0. The van der Waals surface area contributed by atoms with Gasteiger partial charge in [-0.1, -0.05) is 12.6 Å². The van der Waals surface area contributed by atoms with Crippen molar-refractivity contribution in [3.63, 3.8) is 0 Å². The van der Waals surface area contributed by atoms with Crippen molar-refractivity contribution in [1.29, 1.82) is 0 Å². The van der Waals surface area contributed by atoms with Gasteiger partial charge in [0.05, 0.1) is 5.57 Å². The second kappa shape index (κ2) is 3.98. The van der Waals surface area contributed by atoms with E-state index in [9.17, 15) is 9.59 Å². The highest BCUT2D eigenvalue weighted by Crippen LogP contribution is 2.38. The molecule has 0 N–H and O–H groups in total. The minimum atomic E-state index is -0.158. The molecule has 0 amide bonds. The van der Waals surface area contributed by atoms with Gasteiger partial charge in [0.15, 0.2) is 23.1 Å². The first-order valence-corrected chi connectivity index (χ1v) is 5.80. The van der Waals surface area contributed by atoms with E-state index in [-0.39, 0.29) is 29.9 Å². The number of hydrogen-bond acceptors (Lipinski definition) is 4. The number of rotatable bonds is 1. The first-order chi connectivity index (χ1) is 8.65. The molecule has 92 valence electrons. The van der Waals surface area contributed by atoms with Crippen LogP contribution in [0.1, 0.15) is 24.3 Å². The minimum Gasteiger partial charge on any atom is -0.454 e. The highest BCUT2D eigenvalue weighted by Gasteiger charge is 2.30. The third-order valence-corrected chi connectivity index (χ3v) is 3.40. The van der Waals surface area contributed by atoms with Crippen LogP contribution < -0.4 is 9.47 Å². The second-order valence-corrected chi connectivity index (χ2v) is 4.54. The molecule has 1 aromatic carbocycles. The topological polar surface area (TPSA) is 52.6 Å². The van der Waals surface area contributed by atoms with Crippen LogP contribution >= 0.6 is 0 Å². The average Bonchev–Trinajstić information content (AvgIpc) is 2.82. The molecular weight excluding hydrogens is 232 g/mol. The first kappa shape index (κ1) is 11.0. The van der Waals surface area contributed by atoms with Gasteiger partial charge in [-0.2, -0.15) is 0 Å². The Morgan fingerprint density at radius 2 is 1.72 bits per heavy atom. The van der Waals surface area contributed by atoms with Crippen molar-refractivity contribution >= 4 is 11.6 Å². The molecule has 2 aliphatic rings. The monoisotopic (exact) mass is 244 g/mol. The Hall–Kier alpha value is -2.10. The molecule has 1 aliphatic carbocycles. The minimum absolute atomic E-state index is 0.0787. The largest absolute Gasteiger partial charge is 0.454 e. The van der Waals surface area contributed by atoms with Gasteiger partial charge in [0.25, 0.3) is 0 Å². The van der Waals surface area contributed by atoms with Crippen LogP contribution in [0.15, 0.2) is 30.4 Å². The van der Waals surface area contributed by atoms with Gasteiger partial charge in [0, 0.05) is 12.8 Å². The van der Waals surface area contributed by atoms with Crippen molar-refractivity contribution < 1.29 is 19.1 Å². The lowest BCUT2D eigenvalue weighted by atomic mass is 9.80. The molecule has 0 saturated heterocycles. The van der Waals surface area contributed by atoms with E-state index in [0.717, 1.165) is 5.56 Å². The Bertz CT molecular complexity index is 539. The Morgan fingerprint density at radius 3 is 2.44 bits per heavy atom. The molecule has 0 bridgehead atoms. The average molecular weight is 244 g/mol. The summed E-state index contributed by atoms with van der Waals surface area (Å²) in [6, 6.07) is 5.55. The zero-order chi connectivity index (χ0) is 12.7. The van der Waals surface area contributed by atoms with Crippen molar-refractivity contribution in [3.8, 4) is 11.5 Å². The van der Waals surface area contributed by atoms with Gasteiger partial charge in [-0.05, 0) is 23.6 Å². The molecule has 3 rings (SSSR count). The molecule has 18 heavy (non-hydrogen) atoms. The predicted molar refractivity (Wildman–Crippen MR) is 63.7 cm³/mol. The van der Waals surface area contributed by atoms with E-state index < -0.39 is 0 Å². The number of allylic oxidation sites excluding steroid dienone is 1. The molecule has 0 aromatic heterocycles. The first-order valence-electron chi connectivity index (χ1n) is 5.80. The van der Waals surface area contributed by atoms with Crippen LogP contribution in [0.25, 0.3) is 0 Å². The fourth-order valence-corrected chi connectivity index (χ4v) is 2.32. The summed E-state index contributed by atoms with van der Waals surface area (Å²) in [6.07, 6.45) is 0.675. The summed E-state index contributed by atoms with van der Waals surface area (Å²) in [5.74, 6) is 0.987. The van der Waals surface area contributed by atoms with E-state index >= 15 is 0 Å². The van der Waals surface area contributed by atoms with Gasteiger partial charge < -0.3 is 9.47 Å². The standard InChI is InChI=1S/C14H12O4/c1-8-11(15)4-10(5-12(8)16)9-2-3-13-14(6-9)18-7-17-13/h2-3,6,10H,1,4-5,7H2. The fraction of sp³-hybridized carbons (Fsp3) is 0.286. The highest BCUT2D eigenvalue weighted by atomic mass is 16.7. The molecular formula is C14H12O4. The number of hydrogen-bond donors (Lipinski definition) is 0. The molecule has 1 heterocycles. The maximum atomic E-state index is 11.6. The molecule has 4 nitrogen and oxygen atoms in total. The second-order valence-electron chi connectivity index (χ2n) is 4.54. The van der Waals surface area contributed by atoms with Crippen molar-refractivity contribution in [2.75, 3.05) is 6.79 Å². The number of carbonyl (C=O) groups is 2. The zero-order valence-electron chi connectivity index (χ0n) is 9.77. The van der Waals surface area contributed by atoms with Crippen molar-refractivity contribution in [1.82, 2.24) is 0 Å². The van der Waals surface area contributed by atoms with Crippen LogP contribution in [0.3, 0.4) is 0 Å². The Morgan fingerprint density at radius 1 is 1.06 bits per heavy atom. The van der Waals surface area contributed by atoms with Crippen LogP contribution in [0.2, 0.25) is 0 Å². The van der Waals surface area contributed by atoms with E-state index in [1.54, 1.807) is 0 Å². The Kier molecular flexibility index (Phi) is 2.44. The summed E-state index contributed by atoms with van der Waals surface area (Å²) in [6.45, 7) is 3.74. The fourth-order valence-electron chi connectivity index (χ4n) is 2.32. The van der Waals surface area contributed by atoms with Crippen LogP contribution in [-0.4, -0.2) is 18.4 Å². The van der Waals surface area contributed by atoms with Crippen LogP contribution in [0.5, 0.6) is 11.5 Å². The summed E-state index contributed by atoms with van der Waals surface area (Å²) >= 11 is 0. The van der Waals surface area contributed by atoms with E-state index in [4.69, 9.17) is 9.47 Å². The molecule has 0 unspecified atom stereocenters. The summed E-state index contributed by atoms with van der Waals surface area (Å²) in [5.41, 5.74) is 1.07. The number of ketones is 2. The Labute approximate surface area is 104 Å². The van der Waals surface area contributed by atoms with Gasteiger partial charge in [-0.25, -0.2) is 0 Å². The molecule has 1 saturated carbocycles. The van der Waals surface area contributed by atoms with E-state index in [0.29, 0.717) is 24.3 Å². The summed E-state index contributed by atoms with van der Waals surface area (Å²) in [4.78, 5) is 23.3. The van der Waals surface area contributed by atoms with Crippen LogP contribution in [0, 0.1) is 0 Å². The lowest BCUT2D eigenvalue weighted by molar-refractivity contribution is -0.124. The van der Waals surface area contributed by atoms with Gasteiger partial charge in [-0.15, -0.1) is 0 Å². The number of fused-ring (bicyclic) bond motifs is 1. The maximum absolute atomic E-state index is 11.6. The summed E-state index contributed by atoms with van der Waals surface area (Å²) in [5, 5.41) is 0. The molecule has 4 heteroatoms. The lowest BCUT2D eigenvalue weighted by Gasteiger charge is -2.21. The van der Waals surface area contributed by atoms with E-state index in [1.807, 2.05) is 18.2 Å². The smallest absolute Gasteiger partial charge is 0.231 e. The Balaban J connectivity index is 1.89. The number of benzene rings is 1. The van der Waals surface area contributed by atoms with Crippen molar-refractivity contribution in [2.45, 2.75) is 18.8 Å². The van der Waals surface area contributed by atoms with Crippen LogP contribution in [0.4, 0.5) is 0 Å². The number of ether oxygens (including phenoxy) is 2. The lowest BCUT2D eigenvalue weighted by Crippen LogP contribution is -2.23.